The van der Waals surface area contributed by atoms with Crippen molar-refractivity contribution in [3.8, 4) is 0 Å². The van der Waals surface area contributed by atoms with Gasteiger partial charge in [0.1, 0.15) is 0 Å². The van der Waals surface area contributed by atoms with Gasteiger partial charge in [0, 0.05) is 12.6 Å². The van der Waals surface area contributed by atoms with Gasteiger partial charge in [-0.25, -0.2) is 0 Å². The van der Waals surface area contributed by atoms with Gasteiger partial charge in [-0.05, 0) is 39.7 Å². The maximum Gasteiger partial charge on any atom is 0.225 e. The van der Waals surface area contributed by atoms with Crippen LogP contribution < -0.4 is 5.73 Å². The molecule has 0 saturated carbocycles. The number of hydrogen-bond acceptors (Lipinski definition) is 3. The van der Waals surface area contributed by atoms with E-state index in [-0.39, 0.29) is 12.0 Å². The second-order valence-electron chi connectivity index (χ2n) is 4.90. The van der Waals surface area contributed by atoms with E-state index in [2.05, 4.69) is 6.92 Å². The van der Waals surface area contributed by atoms with Crippen molar-refractivity contribution in [3.05, 3.63) is 0 Å². The van der Waals surface area contributed by atoms with Gasteiger partial charge < -0.3 is 15.4 Å². The minimum absolute atomic E-state index is 0.195. The van der Waals surface area contributed by atoms with Crippen LogP contribution >= 0.6 is 0 Å². The van der Waals surface area contributed by atoms with E-state index in [4.69, 9.17) is 10.5 Å². The second-order valence-corrected chi connectivity index (χ2v) is 4.90. The van der Waals surface area contributed by atoms with Gasteiger partial charge in [-0.3, -0.25) is 4.79 Å². The number of carbonyl (C=O) groups is 1. The molecule has 0 bridgehead atoms. The van der Waals surface area contributed by atoms with Crippen LogP contribution in [0, 0.1) is 5.92 Å². The van der Waals surface area contributed by atoms with Crippen LogP contribution in [-0.2, 0) is 9.53 Å². The van der Waals surface area contributed by atoms with Gasteiger partial charge in [0.15, 0.2) is 0 Å². The summed E-state index contributed by atoms with van der Waals surface area (Å²) in [6, 6.07) is 0.333. The van der Waals surface area contributed by atoms with Crippen LogP contribution in [-0.4, -0.2) is 42.6 Å². The Morgan fingerprint density at radius 3 is 2.75 bits per heavy atom. The van der Waals surface area contributed by atoms with Crippen molar-refractivity contribution >= 4 is 5.91 Å². The second kappa shape index (κ2) is 6.21. The maximum absolute atomic E-state index is 11.9. The molecule has 1 saturated heterocycles. The van der Waals surface area contributed by atoms with Crippen LogP contribution in [0.3, 0.4) is 0 Å². The number of ether oxygens (including phenoxy) is 1. The van der Waals surface area contributed by atoms with Crippen LogP contribution in [0.1, 0.15) is 33.6 Å². The molecule has 0 aromatic heterocycles. The summed E-state index contributed by atoms with van der Waals surface area (Å²) in [5.74, 6) is 0.675. The summed E-state index contributed by atoms with van der Waals surface area (Å²) in [4.78, 5) is 13.8. The summed E-state index contributed by atoms with van der Waals surface area (Å²) >= 11 is 0. The summed E-state index contributed by atoms with van der Waals surface area (Å²) in [5, 5.41) is 0. The molecule has 1 aliphatic heterocycles. The standard InChI is InChI=1S/C12H24N2O2/c1-9(2)16-5-4-12(15)14-8-11(7-13)6-10(14)3/h9-11H,4-8,13H2,1-3H3. The first-order valence-corrected chi connectivity index (χ1v) is 6.15. The highest BCUT2D eigenvalue weighted by atomic mass is 16.5. The summed E-state index contributed by atoms with van der Waals surface area (Å²) in [5.41, 5.74) is 5.64. The molecule has 0 aromatic rings. The van der Waals surface area contributed by atoms with E-state index >= 15 is 0 Å². The smallest absolute Gasteiger partial charge is 0.225 e. The minimum atomic E-state index is 0.195. The molecule has 1 fully saturated rings. The number of likely N-dealkylation sites (tertiary alicyclic amines) is 1. The molecule has 16 heavy (non-hydrogen) atoms. The van der Waals surface area contributed by atoms with E-state index in [1.165, 1.54) is 0 Å². The lowest BCUT2D eigenvalue weighted by atomic mass is 10.1. The van der Waals surface area contributed by atoms with Crippen molar-refractivity contribution < 1.29 is 9.53 Å². The fourth-order valence-corrected chi connectivity index (χ4v) is 2.19. The molecule has 0 spiro atoms. The van der Waals surface area contributed by atoms with Gasteiger partial charge >= 0.3 is 0 Å². The van der Waals surface area contributed by atoms with Crippen molar-refractivity contribution in [2.24, 2.45) is 11.7 Å². The summed E-state index contributed by atoms with van der Waals surface area (Å²) in [6.45, 7) is 8.07. The molecule has 2 atom stereocenters. The molecule has 94 valence electrons. The number of hydrogen-bond donors (Lipinski definition) is 1. The van der Waals surface area contributed by atoms with Crippen LogP contribution in [0.15, 0.2) is 0 Å². The SMILES string of the molecule is CC(C)OCCC(=O)N1CC(CN)CC1C. The molecule has 0 radical (unpaired) electrons. The molecule has 4 heteroatoms. The first-order chi connectivity index (χ1) is 7.54. The third-order valence-corrected chi connectivity index (χ3v) is 3.08. The van der Waals surface area contributed by atoms with Crippen LogP contribution in [0.4, 0.5) is 0 Å². The topological polar surface area (TPSA) is 55.6 Å². The normalized spacial score (nSPS) is 25.4. The lowest BCUT2D eigenvalue weighted by Crippen LogP contribution is -2.35. The van der Waals surface area contributed by atoms with Crippen molar-refractivity contribution in [3.63, 3.8) is 0 Å². The summed E-state index contributed by atoms with van der Waals surface area (Å²) < 4.78 is 5.39. The average Bonchev–Trinajstić information content (AvgIpc) is 2.59. The van der Waals surface area contributed by atoms with Gasteiger partial charge in [-0.15, -0.1) is 0 Å². The largest absolute Gasteiger partial charge is 0.378 e. The molecule has 0 aromatic carbocycles. The highest BCUT2D eigenvalue weighted by Crippen LogP contribution is 2.22. The first-order valence-electron chi connectivity index (χ1n) is 6.15. The number of nitrogens with two attached hydrogens (primary N) is 1. The lowest BCUT2D eigenvalue weighted by molar-refractivity contribution is -0.133. The fourth-order valence-electron chi connectivity index (χ4n) is 2.19. The summed E-state index contributed by atoms with van der Waals surface area (Å²) in [6.07, 6.45) is 1.72. The quantitative estimate of drug-likeness (QED) is 0.763. The molecule has 0 aliphatic carbocycles. The zero-order valence-electron chi connectivity index (χ0n) is 10.6. The third-order valence-electron chi connectivity index (χ3n) is 3.08. The summed E-state index contributed by atoms with van der Waals surface area (Å²) in [7, 11) is 0. The van der Waals surface area contributed by atoms with Gasteiger partial charge in [-0.1, -0.05) is 0 Å². The van der Waals surface area contributed by atoms with Gasteiger partial charge in [-0.2, -0.15) is 0 Å². The van der Waals surface area contributed by atoms with Crippen LogP contribution in [0.5, 0.6) is 0 Å². The molecule has 2 unspecified atom stereocenters. The molecule has 1 amide bonds. The predicted molar refractivity (Wildman–Crippen MR) is 64.0 cm³/mol. The van der Waals surface area contributed by atoms with E-state index in [9.17, 15) is 4.79 Å². The van der Waals surface area contributed by atoms with Crippen LogP contribution in [0.25, 0.3) is 0 Å². The Hall–Kier alpha value is -0.610. The molecule has 1 heterocycles. The Balaban J connectivity index is 2.31. The highest BCUT2D eigenvalue weighted by Gasteiger charge is 2.30. The van der Waals surface area contributed by atoms with Gasteiger partial charge in [0.05, 0.1) is 19.1 Å². The zero-order chi connectivity index (χ0) is 12.1. The van der Waals surface area contributed by atoms with Crippen molar-refractivity contribution in [2.45, 2.75) is 45.8 Å². The Kier molecular flexibility index (Phi) is 5.22. The lowest BCUT2D eigenvalue weighted by Gasteiger charge is -2.21. The molecule has 1 aliphatic rings. The number of nitrogens with zero attached hydrogens (tertiary/aromatic N) is 1. The zero-order valence-corrected chi connectivity index (χ0v) is 10.6. The molecular weight excluding hydrogens is 204 g/mol. The Labute approximate surface area is 98.1 Å². The third kappa shape index (κ3) is 3.76. The molecule has 2 N–H and O–H groups in total. The van der Waals surface area contributed by atoms with E-state index in [0.29, 0.717) is 31.5 Å². The predicted octanol–water partition coefficient (Wildman–Crippen LogP) is 0.997. The van der Waals surface area contributed by atoms with Crippen molar-refractivity contribution in [1.29, 1.82) is 0 Å². The van der Waals surface area contributed by atoms with Gasteiger partial charge in [0.2, 0.25) is 5.91 Å². The Morgan fingerprint density at radius 2 is 2.25 bits per heavy atom. The molecule has 1 rings (SSSR count). The number of amides is 1. The molecular formula is C12H24N2O2. The highest BCUT2D eigenvalue weighted by molar-refractivity contribution is 5.76. The number of rotatable bonds is 5. The fraction of sp³-hybridized carbons (Fsp3) is 0.917. The maximum atomic E-state index is 11.9. The van der Waals surface area contributed by atoms with E-state index in [0.717, 1.165) is 13.0 Å². The van der Waals surface area contributed by atoms with E-state index in [1.807, 2.05) is 18.7 Å². The van der Waals surface area contributed by atoms with Gasteiger partial charge in [0.25, 0.3) is 0 Å². The molecule has 4 nitrogen and oxygen atoms in total. The van der Waals surface area contributed by atoms with E-state index in [1.54, 1.807) is 0 Å². The Bertz CT molecular complexity index is 231. The van der Waals surface area contributed by atoms with Crippen molar-refractivity contribution in [1.82, 2.24) is 4.90 Å². The monoisotopic (exact) mass is 228 g/mol. The van der Waals surface area contributed by atoms with Crippen molar-refractivity contribution in [2.75, 3.05) is 19.7 Å². The van der Waals surface area contributed by atoms with E-state index < -0.39 is 0 Å². The minimum Gasteiger partial charge on any atom is -0.378 e. The average molecular weight is 228 g/mol. The first kappa shape index (κ1) is 13.5. The van der Waals surface area contributed by atoms with Crippen LogP contribution in [0.2, 0.25) is 0 Å². The Morgan fingerprint density at radius 1 is 1.56 bits per heavy atom. The number of carbonyl (C=O) groups excluding carboxylic acids is 1.